The number of carbonyl (C=O) groups is 1. The fourth-order valence-corrected chi connectivity index (χ4v) is 4.87. The number of Topliss-reactive ketones (excluding diaryl/α,β-unsaturated/α-hetero) is 1. The van der Waals surface area contributed by atoms with Crippen molar-refractivity contribution in [3.05, 3.63) is 107 Å². The van der Waals surface area contributed by atoms with E-state index in [2.05, 4.69) is 95.9 Å². The van der Waals surface area contributed by atoms with E-state index in [1.807, 2.05) is 0 Å². The summed E-state index contributed by atoms with van der Waals surface area (Å²) in [6.07, 6.45) is 5.03. The lowest BCUT2D eigenvalue weighted by atomic mass is 9.74. The number of likely N-dealkylation sites (tertiary alicyclic amines) is 1. The van der Waals surface area contributed by atoms with Gasteiger partial charge in [0.05, 0.1) is 0 Å². The molecule has 1 aliphatic carbocycles. The minimum Gasteiger partial charge on any atom is -0.299 e. The van der Waals surface area contributed by atoms with Gasteiger partial charge in [-0.15, -0.1) is 0 Å². The molecule has 2 heteroatoms. The summed E-state index contributed by atoms with van der Waals surface area (Å²) in [7, 11) is 0. The van der Waals surface area contributed by atoms with Crippen molar-refractivity contribution in [1.82, 2.24) is 4.90 Å². The summed E-state index contributed by atoms with van der Waals surface area (Å²) in [5, 5.41) is 0. The van der Waals surface area contributed by atoms with E-state index in [0.717, 1.165) is 19.6 Å². The summed E-state index contributed by atoms with van der Waals surface area (Å²) in [6.45, 7) is 2.55. The highest BCUT2D eigenvalue weighted by Gasteiger charge is 2.37. The molecule has 5 rings (SSSR count). The number of fused-ring (bicyclic) bond motifs is 2. The molecule has 0 saturated carbocycles. The summed E-state index contributed by atoms with van der Waals surface area (Å²) in [5.41, 5.74) is 6.30. The molecule has 29 heavy (non-hydrogen) atoms. The Morgan fingerprint density at radius 3 is 2.00 bits per heavy atom. The highest BCUT2D eigenvalue weighted by Crippen LogP contribution is 2.41. The van der Waals surface area contributed by atoms with Crippen molar-refractivity contribution in [3.63, 3.8) is 0 Å². The first kappa shape index (κ1) is 18.1. The molecular formula is C27H25NO. The number of carbonyl (C=O) groups excluding carboxylic acids is 1. The Morgan fingerprint density at radius 1 is 0.759 bits per heavy atom. The van der Waals surface area contributed by atoms with E-state index in [-0.39, 0.29) is 11.8 Å². The topological polar surface area (TPSA) is 20.3 Å². The molecule has 1 aliphatic heterocycles. The zero-order chi connectivity index (χ0) is 19.6. The Balaban J connectivity index is 1.53. The normalized spacial score (nSPS) is 19.4. The van der Waals surface area contributed by atoms with Gasteiger partial charge in [-0.25, -0.2) is 0 Å². The van der Waals surface area contributed by atoms with Crippen LogP contribution in [-0.4, -0.2) is 23.8 Å². The first-order chi connectivity index (χ1) is 14.3. The molecule has 1 saturated heterocycles. The fourth-order valence-electron chi connectivity index (χ4n) is 4.87. The lowest BCUT2D eigenvalue weighted by molar-refractivity contribution is -0.126. The second-order valence-corrected chi connectivity index (χ2v) is 8.11. The van der Waals surface area contributed by atoms with Crippen molar-refractivity contribution >= 4 is 17.9 Å². The quantitative estimate of drug-likeness (QED) is 0.608. The molecule has 0 N–H and O–H groups in total. The van der Waals surface area contributed by atoms with E-state index in [4.69, 9.17) is 0 Å². The lowest BCUT2D eigenvalue weighted by Crippen LogP contribution is -2.43. The minimum absolute atomic E-state index is 0.0188. The number of benzene rings is 3. The summed E-state index contributed by atoms with van der Waals surface area (Å²) < 4.78 is 0. The Morgan fingerprint density at radius 2 is 1.34 bits per heavy atom. The van der Waals surface area contributed by atoms with Gasteiger partial charge in [0.1, 0.15) is 5.78 Å². The van der Waals surface area contributed by atoms with Crippen molar-refractivity contribution in [2.45, 2.75) is 18.9 Å². The average molecular weight is 380 g/mol. The van der Waals surface area contributed by atoms with E-state index in [1.54, 1.807) is 0 Å². The Hall–Kier alpha value is -2.97. The van der Waals surface area contributed by atoms with Crippen LogP contribution in [-0.2, 0) is 11.3 Å². The van der Waals surface area contributed by atoms with Gasteiger partial charge in [0.25, 0.3) is 0 Å². The van der Waals surface area contributed by atoms with Crippen molar-refractivity contribution in [2.75, 3.05) is 13.1 Å². The van der Waals surface area contributed by atoms with Crippen LogP contribution in [0.1, 0.15) is 40.2 Å². The highest BCUT2D eigenvalue weighted by molar-refractivity contribution is 5.86. The molecule has 144 valence electrons. The van der Waals surface area contributed by atoms with E-state index in [1.165, 1.54) is 27.8 Å². The molecular weight excluding hydrogens is 354 g/mol. The largest absolute Gasteiger partial charge is 0.299 e. The van der Waals surface area contributed by atoms with Crippen LogP contribution >= 0.6 is 0 Å². The molecule has 1 heterocycles. The SMILES string of the molecule is O=C1CCN(Cc2ccccc2)CC1C1c2ccccc2C=Cc2ccccc21. The Labute approximate surface area is 172 Å². The molecule has 0 amide bonds. The van der Waals surface area contributed by atoms with Crippen molar-refractivity contribution < 1.29 is 4.79 Å². The van der Waals surface area contributed by atoms with E-state index in [9.17, 15) is 4.79 Å². The number of ketones is 1. The third-order valence-electron chi connectivity index (χ3n) is 6.30. The van der Waals surface area contributed by atoms with Gasteiger partial charge in [0, 0.05) is 37.9 Å². The van der Waals surface area contributed by atoms with Gasteiger partial charge in [-0.1, -0.05) is 91.0 Å². The van der Waals surface area contributed by atoms with Crippen LogP contribution in [0.3, 0.4) is 0 Å². The van der Waals surface area contributed by atoms with Gasteiger partial charge in [-0.2, -0.15) is 0 Å². The van der Waals surface area contributed by atoms with Gasteiger partial charge in [0.2, 0.25) is 0 Å². The van der Waals surface area contributed by atoms with Gasteiger partial charge >= 0.3 is 0 Å². The standard InChI is InChI=1S/C27H25NO/c29-26-16-17-28(18-20-8-2-1-3-9-20)19-25(26)27-23-12-6-4-10-21(23)14-15-22-11-5-7-13-24(22)27/h1-15,25,27H,16-19H2. The smallest absolute Gasteiger partial charge is 0.139 e. The number of nitrogens with zero attached hydrogens (tertiary/aromatic N) is 1. The maximum absolute atomic E-state index is 13.2. The average Bonchev–Trinajstić information content (AvgIpc) is 2.93. The third kappa shape index (κ3) is 3.56. The minimum atomic E-state index is -0.0188. The van der Waals surface area contributed by atoms with Crippen LogP contribution in [0.15, 0.2) is 78.9 Å². The number of hydrogen-bond donors (Lipinski definition) is 0. The summed E-state index contributed by atoms with van der Waals surface area (Å²) in [5.74, 6) is 0.476. The van der Waals surface area contributed by atoms with Crippen LogP contribution in [0.25, 0.3) is 12.2 Å². The predicted octanol–water partition coefficient (Wildman–Crippen LogP) is 5.39. The molecule has 0 radical (unpaired) electrons. The fraction of sp³-hybridized carbons (Fsp3) is 0.222. The van der Waals surface area contributed by atoms with Crippen LogP contribution < -0.4 is 0 Å². The zero-order valence-corrected chi connectivity index (χ0v) is 16.5. The monoisotopic (exact) mass is 379 g/mol. The summed E-state index contributed by atoms with van der Waals surface area (Å²) in [6, 6.07) is 27.7. The Bertz CT molecular complexity index is 1000. The Kier molecular flexibility index (Phi) is 4.87. The molecule has 0 aromatic heterocycles. The first-order valence-electron chi connectivity index (χ1n) is 10.4. The molecule has 3 aromatic rings. The maximum atomic E-state index is 13.2. The predicted molar refractivity (Wildman–Crippen MR) is 118 cm³/mol. The lowest BCUT2D eigenvalue weighted by Gasteiger charge is -2.37. The van der Waals surface area contributed by atoms with Crippen LogP contribution in [0.2, 0.25) is 0 Å². The maximum Gasteiger partial charge on any atom is 0.139 e. The van der Waals surface area contributed by atoms with Gasteiger partial charge in [-0.3, -0.25) is 9.69 Å². The van der Waals surface area contributed by atoms with Crippen molar-refractivity contribution in [2.24, 2.45) is 5.92 Å². The van der Waals surface area contributed by atoms with Gasteiger partial charge in [0.15, 0.2) is 0 Å². The molecule has 1 fully saturated rings. The number of rotatable bonds is 3. The molecule has 3 aromatic carbocycles. The van der Waals surface area contributed by atoms with Gasteiger partial charge in [-0.05, 0) is 27.8 Å². The molecule has 0 spiro atoms. The summed E-state index contributed by atoms with van der Waals surface area (Å²) >= 11 is 0. The second-order valence-electron chi connectivity index (χ2n) is 8.11. The van der Waals surface area contributed by atoms with Crippen LogP contribution in [0, 0.1) is 5.92 Å². The van der Waals surface area contributed by atoms with Crippen LogP contribution in [0.4, 0.5) is 0 Å². The van der Waals surface area contributed by atoms with E-state index in [0.29, 0.717) is 12.2 Å². The number of piperidine rings is 1. The number of hydrogen-bond acceptors (Lipinski definition) is 2. The van der Waals surface area contributed by atoms with Crippen LogP contribution in [0.5, 0.6) is 0 Å². The van der Waals surface area contributed by atoms with Gasteiger partial charge < -0.3 is 0 Å². The first-order valence-corrected chi connectivity index (χ1v) is 10.4. The molecule has 1 atom stereocenters. The molecule has 1 unspecified atom stereocenters. The zero-order valence-electron chi connectivity index (χ0n) is 16.5. The summed E-state index contributed by atoms with van der Waals surface area (Å²) in [4.78, 5) is 15.6. The molecule has 2 nitrogen and oxygen atoms in total. The van der Waals surface area contributed by atoms with Crippen molar-refractivity contribution in [1.29, 1.82) is 0 Å². The molecule has 0 bridgehead atoms. The van der Waals surface area contributed by atoms with Crippen molar-refractivity contribution in [3.8, 4) is 0 Å². The third-order valence-corrected chi connectivity index (χ3v) is 6.30. The van der Waals surface area contributed by atoms with E-state index >= 15 is 0 Å². The second kappa shape index (κ2) is 7.81. The molecule has 2 aliphatic rings. The highest BCUT2D eigenvalue weighted by atomic mass is 16.1. The van der Waals surface area contributed by atoms with E-state index < -0.39 is 0 Å².